The van der Waals surface area contributed by atoms with Gasteiger partial charge in [0, 0.05) is 50.4 Å². The maximum atomic E-state index is 11.3. The first kappa shape index (κ1) is 56.4. The summed E-state index contributed by atoms with van der Waals surface area (Å²) in [5.74, 6) is 0.989. The van der Waals surface area contributed by atoms with Gasteiger partial charge in [-0.15, -0.1) is 0 Å². The smallest absolute Gasteiger partial charge is 0.226 e. The zero-order valence-corrected chi connectivity index (χ0v) is 37.7. The number of rotatable bonds is 30. The van der Waals surface area contributed by atoms with Crippen LogP contribution in [0.5, 0.6) is 0 Å². The number of ketones is 4. The minimum atomic E-state index is -0.350. The highest BCUT2D eigenvalue weighted by atomic mass is 35.5. The number of carbonyl (C=O) groups excluding carboxylic acids is 8. The summed E-state index contributed by atoms with van der Waals surface area (Å²) in [4.78, 5) is 85.4. The van der Waals surface area contributed by atoms with E-state index in [-0.39, 0.29) is 62.0 Å². The number of hydrogen-bond donors (Lipinski definition) is 0. The highest BCUT2D eigenvalue weighted by Gasteiger charge is 2.49. The number of halogens is 4. The van der Waals surface area contributed by atoms with Gasteiger partial charge in [-0.1, -0.05) is 95.6 Å². The van der Waals surface area contributed by atoms with E-state index in [0.717, 1.165) is 103 Å². The minimum absolute atomic E-state index is 0.0934. The molecule has 0 saturated heterocycles. The summed E-state index contributed by atoms with van der Waals surface area (Å²) in [5.41, 5.74) is 0. The fraction of sp³-hybridized carbons (Fsp3) is 0.773. The summed E-state index contributed by atoms with van der Waals surface area (Å²) in [6, 6.07) is 0. The van der Waals surface area contributed by atoms with Crippen LogP contribution in [0, 0.1) is 23.7 Å². The van der Waals surface area contributed by atoms with Crippen LogP contribution in [0.15, 0.2) is 12.2 Å². The second kappa shape index (κ2) is 37.5. The first-order valence-electron chi connectivity index (χ1n) is 20.9. The molecule has 0 radical (unpaired) electrons. The van der Waals surface area contributed by atoms with Gasteiger partial charge in [0.1, 0.15) is 23.1 Å². The minimum Gasteiger partial charge on any atom is -0.300 e. The van der Waals surface area contributed by atoms with E-state index >= 15 is 0 Å². The molecule has 0 aromatic carbocycles. The Hall–Kier alpha value is -1.74. The molecule has 8 nitrogen and oxygen atoms in total. The third-order valence-electron chi connectivity index (χ3n) is 9.90. The largest absolute Gasteiger partial charge is 0.300 e. The Bertz CT molecular complexity index is 1110. The summed E-state index contributed by atoms with van der Waals surface area (Å²) < 4.78 is 0. The molecule has 0 aromatic rings. The standard InChI is InChI=1S/C13H23ClO2.C11H19ClO2.C10H11ClO2.C10H17ClO2/c1-12(15)10-8-6-4-2-3-5-7-9-11-13(14)16;1-10(13)8-6-4-2-3-5-7-9-11(12)14;1-5(12)8-6-2-3-7(4-6)9(8)10(11)13;1-9(12)7-5-3-2-4-6-8-10(11)13/h2-11H2,1H3;2-9H2,1H3;2-3,6-9H,4H2,1H3;2-8H2,1H3. The molecule has 2 bridgehead atoms. The fourth-order valence-corrected chi connectivity index (χ4v) is 7.60. The first-order chi connectivity index (χ1) is 26.5. The van der Waals surface area contributed by atoms with Gasteiger partial charge in [0.25, 0.3) is 0 Å². The van der Waals surface area contributed by atoms with E-state index in [0.29, 0.717) is 37.9 Å². The zero-order chi connectivity index (χ0) is 42.7. The van der Waals surface area contributed by atoms with Gasteiger partial charge in [-0.2, -0.15) is 0 Å². The molecule has 1 saturated carbocycles. The van der Waals surface area contributed by atoms with Crippen molar-refractivity contribution in [2.45, 2.75) is 195 Å². The van der Waals surface area contributed by atoms with E-state index < -0.39 is 0 Å². The third-order valence-corrected chi connectivity index (χ3v) is 10.7. The summed E-state index contributed by atoms with van der Waals surface area (Å²) in [5, 5.41) is -1.05. The maximum absolute atomic E-state index is 11.3. The van der Waals surface area contributed by atoms with Crippen LogP contribution in [0.25, 0.3) is 0 Å². The number of fused-ring (bicyclic) bond motifs is 2. The Labute approximate surface area is 357 Å². The highest BCUT2D eigenvalue weighted by Crippen LogP contribution is 2.49. The number of Topliss-reactive ketones (excluding diaryl/α,β-unsaturated/α-hetero) is 4. The van der Waals surface area contributed by atoms with Gasteiger partial charge in [-0.25, -0.2) is 0 Å². The molecule has 0 heterocycles. The van der Waals surface area contributed by atoms with Crippen molar-refractivity contribution in [1.29, 1.82) is 0 Å². The molecule has 2 aliphatic rings. The van der Waals surface area contributed by atoms with E-state index in [4.69, 9.17) is 46.4 Å². The topological polar surface area (TPSA) is 137 Å². The molecule has 0 N–H and O–H groups in total. The molecular weight excluding hydrogens is 798 g/mol. The molecule has 322 valence electrons. The van der Waals surface area contributed by atoms with E-state index in [1.54, 1.807) is 27.7 Å². The molecule has 2 aliphatic carbocycles. The van der Waals surface area contributed by atoms with Crippen molar-refractivity contribution in [3.63, 3.8) is 0 Å². The summed E-state index contributed by atoms with van der Waals surface area (Å²) >= 11 is 21.1. The molecular formula is C44H70Cl4O8. The fourth-order valence-electron chi connectivity index (χ4n) is 6.90. The van der Waals surface area contributed by atoms with Gasteiger partial charge in [0.05, 0.1) is 0 Å². The maximum Gasteiger partial charge on any atom is 0.226 e. The number of carbonyl (C=O) groups is 8. The summed E-state index contributed by atoms with van der Waals surface area (Å²) in [6.45, 7) is 6.45. The van der Waals surface area contributed by atoms with Gasteiger partial charge in [0.15, 0.2) is 0 Å². The van der Waals surface area contributed by atoms with E-state index in [2.05, 4.69) is 0 Å². The van der Waals surface area contributed by atoms with E-state index in [1.807, 2.05) is 12.2 Å². The molecule has 1 fully saturated rings. The Morgan fingerprint density at radius 3 is 0.804 bits per heavy atom. The van der Waals surface area contributed by atoms with E-state index in [9.17, 15) is 38.4 Å². The normalized spacial score (nSPS) is 17.4. The average molecular weight is 869 g/mol. The van der Waals surface area contributed by atoms with Crippen LogP contribution in [0.4, 0.5) is 0 Å². The van der Waals surface area contributed by atoms with Crippen LogP contribution in [-0.4, -0.2) is 44.1 Å². The van der Waals surface area contributed by atoms with Crippen molar-refractivity contribution in [3.05, 3.63) is 12.2 Å². The van der Waals surface area contributed by atoms with Crippen molar-refractivity contribution in [3.8, 4) is 0 Å². The average Bonchev–Trinajstić information content (AvgIpc) is 3.73. The molecule has 56 heavy (non-hydrogen) atoms. The van der Waals surface area contributed by atoms with Crippen LogP contribution < -0.4 is 0 Å². The molecule has 0 spiro atoms. The SMILES string of the molecule is CC(=O)C1C2C=CC(C2)C1C(=O)Cl.CC(=O)CCCCCCCC(=O)Cl.CC(=O)CCCCCCCCC(=O)Cl.CC(=O)CCCCCCCCCCC(=O)Cl. The van der Waals surface area contributed by atoms with Gasteiger partial charge in [-0.05, 0) is 131 Å². The predicted octanol–water partition coefficient (Wildman–Crippen LogP) is 12.6. The van der Waals surface area contributed by atoms with Crippen molar-refractivity contribution in [2.24, 2.45) is 23.7 Å². The first-order valence-corrected chi connectivity index (χ1v) is 22.4. The van der Waals surface area contributed by atoms with Crippen LogP contribution in [-0.2, 0) is 38.4 Å². The summed E-state index contributed by atoms with van der Waals surface area (Å²) in [6.07, 6.45) is 29.2. The predicted molar refractivity (Wildman–Crippen MR) is 229 cm³/mol. The number of unbranched alkanes of at least 4 members (excludes halogenated alkanes) is 16. The molecule has 0 aliphatic heterocycles. The molecule has 2 rings (SSSR count). The molecule has 0 amide bonds. The van der Waals surface area contributed by atoms with Crippen molar-refractivity contribution in [1.82, 2.24) is 0 Å². The van der Waals surface area contributed by atoms with Crippen molar-refractivity contribution < 1.29 is 38.4 Å². The van der Waals surface area contributed by atoms with Gasteiger partial charge in [0.2, 0.25) is 21.0 Å². The number of hydrogen-bond acceptors (Lipinski definition) is 8. The zero-order valence-electron chi connectivity index (χ0n) is 34.6. The lowest BCUT2D eigenvalue weighted by atomic mass is 9.81. The monoisotopic (exact) mass is 866 g/mol. The van der Waals surface area contributed by atoms with Crippen LogP contribution in [0.2, 0.25) is 0 Å². The van der Waals surface area contributed by atoms with Crippen LogP contribution >= 0.6 is 46.4 Å². The Balaban J connectivity index is 0. The Morgan fingerprint density at radius 2 is 0.607 bits per heavy atom. The lowest BCUT2D eigenvalue weighted by Crippen LogP contribution is -2.29. The Kier molecular flexibility index (Phi) is 37.8. The highest BCUT2D eigenvalue weighted by molar-refractivity contribution is 6.64. The third kappa shape index (κ3) is 36.6. The van der Waals surface area contributed by atoms with Gasteiger partial charge in [-0.3, -0.25) is 24.0 Å². The lowest BCUT2D eigenvalue weighted by molar-refractivity contribution is -0.127. The second-order valence-electron chi connectivity index (χ2n) is 15.3. The van der Waals surface area contributed by atoms with E-state index in [1.165, 1.54) is 32.1 Å². The molecule has 4 atom stereocenters. The van der Waals surface area contributed by atoms with Crippen LogP contribution in [0.3, 0.4) is 0 Å². The molecule has 4 unspecified atom stereocenters. The van der Waals surface area contributed by atoms with Gasteiger partial charge >= 0.3 is 0 Å². The Morgan fingerprint density at radius 1 is 0.375 bits per heavy atom. The molecule has 12 heteroatoms. The lowest BCUT2D eigenvalue weighted by Gasteiger charge is -2.22. The van der Waals surface area contributed by atoms with Crippen molar-refractivity contribution in [2.75, 3.05) is 0 Å². The second-order valence-corrected chi connectivity index (χ2v) is 16.9. The molecule has 0 aromatic heterocycles. The van der Waals surface area contributed by atoms with Gasteiger partial charge < -0.3 is 14.4 Å². The van der Waals surface area contributed by atoms with Crippen molar-refractivity contribution >= 4 is 90.5 Å². The quantitative estimate of drug-likeness (QED) is 0.0395. The summed E-state index contributed by atoms with van der Waals surface area (Å²) in [7, 11) is 0. The van der Waals surface area contributed by atoms with Crippen LogP contribution in [0.1, 0.15) is 195 Å². The number of allylic oxidation sites excluding steroid dienone is 2.